The molecule has 0 heterocycles. The zero-order valence-electron chi connectivity index (χ0n) is 26.2. The molecule has 246 valence electrons. The number of nitrogens with two attached hydrogens (primary N) is 2. The topological polar surface area (TPSA) is 213 Å². The van der Waals surface area contributed by atoms with E-state index in [0.29, 0.717) is 30.9 Å². The molecule has 0 spiro atoms. The molecule has 1 rings (SSSR count). The van der Waals surface area contributed by atoms with Gasteiger partial charge in [0.2, 0.25) is 17.7 Å². The van der Waals surface area contributed by atoms with E-state index < -0.39 is 30.0 Å². The second-order valence-electron chi connectivity index (χ2n) is 10.4. The molecular formula is C29H49N9O6. The summed E-state index contributed by atoms with van der Waals surface area (Å²) in [4.78, 5) is 64.1. The molecule has 1 aromatic carbocycles. The van der Waals surface area contributed by atoms with E-state index in [1.54, 1.807) is 31.3 Å². The Morgan fingerprint density at radius 1 is 0.955 bits per heavy atom. The SMILES string of the molecule is CCC/C=C(/CNC(=O)CN)NCC(=O)NC(CCCNC(N)=O)C(=O)Nc1ccc(COC(=O)N(C)CCN(C)C)cc1. The van der Waals surface area contributed by atoms with Gasteiger partial charge in [-0.05, 0) is 51.1 Å². The molecule has 0 radical (unpaired) electrons. The van der Waals surface area contributed by atoms with Crippen LogP contribution >= 0.6 is 0 Å². The van der Waals surface area contributed by atoms with E-state index in [1.165, 1.54) is 4.90 Å². The Morgan fingerprint density at radius 3 is 2.27 bits per heavy atom. The number of allylic oxidation sites excluding steroid dienone is 1. The first kappa shape index (κ1) is 37.7. The van der Waals surface area contributed by atoms with E-state index in [2.05, 4.69) is 26.6 Å². The summed E-state index contributed by atoms with van der Waals surface area (Å²) < 4.78 is 5.35. The smallest absolute Gasteiger partial charge is 0.409 e. The van der Waals surface area contributed by atoms with Crippen LogP contribution in [0.5, 0.6) is 0 Å². The third-order valence-electron chi connectivity index (χ3n) is 6.22. The number of likely N-dealkylation sites (N-methyl/N-ethyl adjacent to an activating group) is 2. The lowest BCUT2D eigenvalue weighted by molar-refractivity contribution is -0.126. The average Bonchev–Trinajstić information content (AvgIpc) is 2.99. The van der Waals surface area contributed by atoms with Crippen LogP contribution in [0.2, 0.25) is 0 Å². The van der Waals surface area contributed by atoms with Gasteiger partial charge in [0.15, 0.2) is 0 Å². The number of primary amides is 1. The van der Waals surface area contributed by atoms with Crippen LogP contribution in [0.1, 0.15) is 38.2 Å². The Bertz CT molecular complexity index is 1100. The number of hydrogen-bond acceptors (Lipinski definition) is 9. The largest absolute Gasteiger partial charge is 0.445 e. The van der Waals surface area contributed by atoms with Crippen molar-refractivity contribution in [2.45, 2.75) is 45.3 Å². The minimum Gasteiger partial charge on any atom is -0.445 e. The highest BCUT2D eigenvalue weighted by molar-refractivity contribution is 5.97. The molecule has 0 aliphatic carbocycles. The molecule has 0 fully saturated rings. The predicted molar refractivity (Wildman–Crippen MR) is 168 cm³/mol. The van der Waals surface area contributed by atoms with Crippen molar-refractivity contribution in [1.29, 1.82) is 0 Å². The van der Waals surface area contributed by atoms with Crippen LogP contribution < -0.4 is 38.1 Å². The highest BCUT2D eigenvalue weighted by atomic mass is 16.6. The number of nitrogens with one attached hydrogen (secondary N) is 5. The van der Waals surface area contributed by atoms with E-state index >= 15 is 0 Å². The van der Waals surface area contributed by atoms with Crippen LogP contribution in [0.3, 0.4) is 0 Å². The number of rotatable bonds is 20. The highest BCUT2D eigenvalue weighted by Crippen LogP contribution is 2.12. The van der Waals surface area contributed by atoms with Crippen molar-refractivity contribution in [3.05, 3.63) is 41.6 Å². The van der Waals surface area contributed by atoms with Crippen molar-refractivity contribution in [3.8, 4) is 0 Å². The van der Waals surface area contributed by atoms with Gasteiger partial charge in [-0.2, -0.15) is 0 Å². The number of nitrogens with zero attached hydrogens (tertiary/aromatic N) is 2. The first-order chi connectivity index (χ1) is 20.9. The minimum atomic E-state index is -0.905. The maximum absolute atomic E-state index is 13.1. The summed E-state index contributed by atoms with van der Waals surface area (Å²) in [6.45, 7) is 3.47. The number of urea groups is 1. The lowest BCUT2D eigenvalue weighted by Crippen LogP contribution is -2.47. The summed E-state index contributed by atoms with van der Waals surface area (Å²) in [7, 11) is 5.52. The lowest BCUT2D eigenvalue weighted by atomic mass is 10.1. The molecule has 0 bridgehead atoms. The molecule has 0 saturated heterocycles. The monoisotopic (exact) mass is 619 g/mol. The van der Waals surface area contributed by atoms with E-state index in [0.717, 1.165) is 18.4 Å². The van der Waals surface area contributed by atoms with E-state index in [-0.39, 0.29) is 45.1 Å². The predicted octanol–water partition coefficient (Wildman–Crippen LogP) is 0.0369. The van der Waals surface area contributed by atoms with E-state index in [4.69, 9.17) is 16.2 Å². The Kier molecular flexibility index (Phi) is 18.3. The van der Waals surface area contributed by atoms with Crippen LogP contribution in [0.4, 0.5) is 15.3 Å². The number of carbonyl (C=O) groups is 5. The molecule has 15 nitrogen and oxygen atoms in total. The number of anilines is 1. The quantitative estimate of drug-likeness (QED) is 0.0980. The number of hydrogen-bond donors (Lipinski definition) is 7. The zero-order valence-corrected chi connectivity index (χ0v) is 26.2. The fourth-order valence-corrected chi connectivity index (χ4v) is 3.63. The molecule has 1 aromatic rings. The van der Waals surface area contributed by atoms with Gasteiger partial charge in [-0.1, -0.05) is 31.6 Å². The third kappa shape index (κ3) is 16.9. The van der Waals surface area contributed by atoms with Gasteiger partial charge in [0.1, 0.15) is 12.6 Å². The molecule has 44 heavy (non-hydrogen) atoms. The standard InChI is InChI=1S/C29H49N9O6/c1-5-6-8-23(18-34-25(39)17-30)33-19-26(40)36-24(9-7-14-32-28(31)42)27(41)35-22-12-10-21(11-13-22)20-44-29(43)38(4)16-15-37(2)3/h8,10-13,24,33H,5-7,9,14-20,30H2,1-4H3,(H,34,39)(H,35,41)(H,36,40)(H3,31,32,42)/b23-8-. The van der Waals surface area contributed by atoms with Gasteiger partial charge in [0.25, 0.3) is 0 Å². The molecule has 0 aliphatic heterocycles. The van der Waals surface area contributed by atoms with Crippen molar-refractivity contribution in [2.24, 2.45) is 11.5 Å². The Labute approximate surface area is 259 Å². The van der Waals surface area contributed by atoms with E-state index in [1.807, 2.05) is 32.0 Å². The second-order valence-corrected chi connectivity index (χ2v) is 10.4. The summed E-state index contributed by atoms with van der Waals surface area (Å²) in [5.74, 6) is -1.21. The van der Waals surface area contributed by atoms with Gasteiger partial charge in [0.05, 0.1) is 19.6 Å². The second kappa shape index (κ2) is 21.3. The van der Waals surface area contributed by atoms with Gasteiger partial charge in [0, 0.05) is 38.1 Å². The van der Waals surface area contributed by atoms with Crippen LogP contribution in [0.25, 0.3) is 0 Å². The molecule has 15 heteroatoms. The van der Waals surface area contributed by atoms with Crippen molar-refractivity contribution < 1.29 is 28.7 Å². The average molecular weight is 620 g/mol. The van der Waals surface area contributed by atoms with Gasteiger partial charge in [-0.25, -0.2) is 9.59 Å². The molecule has 9 N–H and O–H groups in total. The number of benzene rings is 1. The van der Waals surface area contributed by atoms with Crippen molar-refractivity contribution in [1.82, 2.24) is 31.1 Å². The zero-order chi connectivity index (χ0) is 32.9. The molecule has 6 amide bonds. The van der Waals surface area contributed by atoms with Crippen LogP contribution in [0, 0.1) is 0 Å². The lowest BCUT2D eigenvalue weighted by Gasteiger charge is -2.20. The summed E-state index contributed by atoms with van der Waals surface area (Å²) in [6, 6.07) is 5.21. The van der Waals surface area contributed by atoms with Gasteiger partial charge in [-0.15, -0.1) is 0 Å². The van der Waals surface area contributed by atoms with Crippen LogP contribution in [-0.4, -0.2) is 106 Å². The van der Waals surface area contributed by atoms with E-state index in [9.17, 15) is 24.0 Å². The first-order valence-electron chi connectivity index (χ1n) is 14.6. The molecule has 0 aliphatic rings. The molecular weight excluding hydrogens is 570 g/mol. The normalized spacial score (nSPS) is 11.7. The Hall–Kier alpha value is -4.37. The minimum absolute atomic E-state index is 0.0719. The number of amides is 6. The highest BCUT2D eigenvalue weighted by Gasteiger charge is 2.21. The Balaban J connectivity index is 2.77. The maximum atomic E-state index is 13.1. The Morgan fingerprint density at radius 2 is 1.66 bits per heavy atom. The summed E-state index contributed by atoms with van der Waals surface area (Å²) >= 11 is 0. The molecule has 0 aromatic heterocycles. The summed E-state index contributed by atoms with van der Waals surface area (Å²) in [6.07, 6.45) is 3.70. The molecule has 0 saturated carbocycles. The van der Waals surface area contributed by atoms with Gasteiger partial charge in [-0.3, -0.25) is 14.4 Å². The molecule has 1 atom stereocenters. The number of ether oxygens (including phenoxy) is 1. The van der Waals surface area contributed by atoms with Crippen LogP contribution in [0.15, 0.2) is 36.0 Å². The summed E-state index contributed by atoms with van der Waals surface area (Å²) in [5, 5.41) is 13.6. The number of unbranched alkanes of at least 4 members (excludes halogenated alkanes) is 1. The van der Waals surface area contributed by atoms with Gasteiger partial charge < -0.3 is 52.6 Å². The molecule has 1 unspecified atom stereocenters. The fraction of sp³-hybridized carbons (Fsp3) is 0.552. The van der Waals surface area contributed by atoms with Crippen molar-refractivity contribution in [2.75, 3.05) is 65.7 Å². The van der Waals surface area contributed by atoms with Crippen molar-refractivity contribution in [3.63, 3.8) is 0 Å². The number of carbonyl (C=O) groups excluding carboxylic acids is 5. The van der Waals surface area contributed by atoms with Crippen LogP contribution in [-0.2, 0) is 25.7 Å². The fourth-order valence-electron chi connectivity index (χ4n) is 3.63. The van der Waals surface area contributed by atoms with Crippen molar-refractivity contribution >= 4 is 35.5 Å². The first-order valence-corrected chi connectivity index (χ1v) is 14.6. The maximum Gasteiger partial charge on any atom is 0.409 e. The summed E-state index contributed by atoms with van der Waals surface area (Å²) in [5.41, 5.74) is 12.3. The third-order valence-corrected chi connectivity index (χ3v) is 6.22. The van der Waals surface area contributed by atoms with Gasteiger partial charge >= 0.3 is 12.1 Å².